The number of ether oxygens (including phenoxy) is 2. The van der Waals surface area contributed by atoms with Gasteiger partial charge in [-0.25, -0.2) is 4.39 Å². The number of anilines is 1. The summed E-state index contributed by atoms with van der Waals surface area (Å²) in [6.07, 6.45) is 0. The molecule has 0 heterocycles. The van der Waals surface area contributed by atoms with Crippen LogP contribution in [0.5, 0.6) is 11.5 Å². The molecule has 1 atom stereocenters. The van der Waals surface area contributed by atoms with Crippen LogP contribution in [0, 0.1) is 11.7 Å². The van der Waals surface area contributed by atoms with Crippen LogP contribution in [-0.4, -0.2) is 32.1 Å². The Morgan fingerprint density at radius 2 is 1.59 bits per heavy atom. The normalized spacial score (nSPS) is 11.6. The first-order chi connectivity index (χ1) is 12.8. The number of nitrogens with one attached hydrogen (secondary N) is 2. The lowest BCUT2D eigenvalue weighted by molar-refractivity contribution is -0.118. The van der Waals surface area contributed by atoms with Gasteiger partial charge in [0, 0.05) is 23.9 Å². The van der Waals surface area contributed by atoms with Crippen molar-refractivity contribution in [2.75, 3.05) is 19.5 Å². The fourth-order valence-corrected chi connectivity index (χ4v) is 2.50. The molecule has 0 radical (unpaired) electrons. The molecule has 0 unspecified atom stereocenters. The van der Waals surface area contributed by atoms with Crippen molar-refractivity contribution < 1.29 is 23.5 Å². The smallest absolute Gasteiger partial charge is 0.254 e. The van der Waals surface area contributed by atoms with Crippen LogP contribution in [0.15, 0.2) is 42.5 Å². The number of halogens is 1. The Balaban J connectivity index is 2.18. The van der Waals surface area contributed by atoms with Gasteiger partial charge in [-0.3, -0.25) is 9.59 Å². The van der Waals surface area contributed by atoms with E-state index in [0.29, 0.717) is 17.2 Å². The predicted molar refractivity (Wildman–Crippen MR) is 101 cm³/mol. The average molecular weight is 374 g/mol. The van der Waals surface area contributed by atoms with Crippen LogP contribution in [0.4, 0.5) is 10.1 Å². The first-order valence-electron chi connectivity index (χ1n) is 8.45. The highest BCUT2D eigenvalue weighted by molar-refractivity contribution is 6.01. The van der Waals surface area contributed by atoms with Gasteiger partial charge in [-0.05, 0) is 18.1 Å². The highest BCUT2D eigenvalue weighted by Crippen LogP contribution is 2.26. The third kappa shape index (κ3) is 5.20. The minimum absolute atomic E-state index is 0.112. The molecule has 0 aliphatic rings. The van der Waals surface area contributed by atoms with Crippen LogP contribution in [-0.2, 0) is 4.79 Å². The summed E-state index contributed by atoms with van der Waals surface area (Å²) in [5, 5.41) is 5.33. The molecule has 2 aromatic rings. The van der Waals surface area contributed by atoms with Gasteiger partial charge in [0.1, 0.15) is 23.4 Å². The van der Waals surface area contributed by atoms with Crippen LogP contribution < -0.4 is 20.1 Å². The molecule has 0 aliphatic carbocycles. The standard InChI is InChI=1S/C20H23FN2O4/c1-12(2)18(23-19(24)16-7-5-6-8-17(16)21)20(25)22-13-9-14(26-3)11-15(10-13)27-4/h5-12,18H,1-4H3,(H,22,25)(H,23,24)/t18-/m0/s1. The van der Waals surface area contributed by atoms with Crippen molar-refractivity contribution >= 4 is 17.5 Å². The molecule has 2 aromatic carbocycles. The first kappa shape index (κ1) is 20.2. The van der Waals surface area contributed by atoms with Crippen LogP contribution in [0.3, 0.4) is 0 Å². The molecule has 0 fully saturated rings. The quantitative estimate of drug-likeness (QED) is 0.780. The van der Waals surface area contributed by atoms with E-state index in [1.165, 1.54) is 32.4 Å². The van der Waals surface area contributed by atoms with E-state index in [4.69, 9.17) is 9.47 Å². The van der Waals surface area contributed by atoms with Gasteiger partial charge in [0.25, 0.3) is 5.91 Å². The van der Waals surface area contributed by atoms with E-state index in [0.717, 1.165) is 0 Å². The van der Waals surface area contributed by atoms with E-state index in [9.17, 15) is 14.0 Å². The van der Waals surface area contributed by atoms with Gasteiger partial charge in [-0.1, -0.05) is 26.0 Å². The Morgan fingerprint density at radius 3 is 2.11 bits per heavy atom. The molecule has 144 valence electrons. The number of hydrogen-bond acceptors (Lipinski definition) is 4. The predicted octanol–water partition coefficient (Wildman–Crippen LogP) is 3.24. The van der Waals surface area contributed by atoms with Crippen molar-refractivity contribution in [1.29, 1.82) is 0 Å². The van der Waals surface area contributed by atoms with E-state index < -0.39 is 23.7 Å². The lowest BCUT2D eigenvalue weighted by atomic mass is 10.0. The summed E-state index contributed by atoms with van der Waals surface area (Å²) in [6, 6.07) is 9.71. The summed E-state index contributed by atoms with van der Waals surface area (Å²) in [5.41, 5.74) is 0.348. The number of carbonyl (C=O) groups excluding carboxylic acids is 2. The van der Waals surface area contributed by atoms with Crippen LogP contribution in [0.25, 0.3) is 0 Å². The maximum atomic E-state index is 13.8. The Hall–Kier alpha value is -3.09. The van der Waals surface area contributed by atoms with Crippen molar-refractivity contribution in [2.24, 2.45) is 5.92 Å². The summed E-state index contributed by atoms with van der Waals surface area (Å²) >= 11 is 0. The third-order valence-corrected chi connectivity index (χ3v) is 3.97. The minimum atomic E-state index is -0.852. The summed E-state index contributed by atoms with van der Waals surface area (Å²) in [4.78, 5) is 25.1. The molecule has 0 bridgehead atoms. The highest BCUT2D eigenvalue weighted by Gasteiger charge is 2.26. The van der Waals surface area contributed by atoms with Crippen molar-refractivity contribution in [2.45, 2.75) is 19.9 Å². The van der Waals surface area contributed by atoms with Gasteiger partial charge < -0.3 is 20.1 Å². The van der Waals surface area contributed by atoms with Gasteiger partial charge in [0.2, 0.25) is 5.91 Å². The van der Waals surface area contributed by atoms with Crippen molar-refractivity contribution in [3.8, 4) is 11.5 Å². The van der Waals surface area contributed by atoms with Gasteiger partial charge >= 0.3 is 0 Å². The van der Waals surface area contributed by atoms with Crippen LogP contribution in [0.2, 0.25) is 0 Å². The number of hydrogen-bond donors (Lipinski definition) is 2. The zero-order chi connectivity index (χ0) is 20.0. The van der Waals surface area contributed by atoms with Gasteiger partial charge in [0.05, 0.1) is 19.8 Å². The molecular weight excluding hydrogens is 351 g/mol. The number of rotatable bonds is 7. The zero-order valence-corrected chi connectivity index (χ0v) is 15.7. The Bertz CT molecular complexity index is 801. The van der Waals surface area contributed by atoms with Crippen LogP contribution in [0.1, 0.15) is 24.2 Å². The van der Waals surface area contributed by atoms with Gasteiger partial charge in [-0.15, -0.1) is 0 Å². The largest absolute Gasteiger partial charge is 0.497 e. The second-order valence-corrected chi connectivity index (χ2v) is 6.27. The second kappa shape index (κ2) is 9.02. The van der Waals surface area contributed by atoms with Crippen molar-refractivity contribution in [1.82, 2.24) is 5.32 Å². The number of carbonyl (C=O) groups is 2. The molecule has 0 spiro atoms. The lowest BCUT2D eigenvalue weighted by Gasteiger charge is -2.22. The van der Waals surface area contributed by atoms with E-state index in [1.54, 1.807) is 38.1 Å². The fourth-order valence-electron chi connectivity index (χ4n) is 2.50. The van der Waals surface area contributed by atoms with Gasteiger partial charge in [-0.2, -0.15) is 0 Å². The van der Waals surface area contributed by atoms with E-state index in [2.05, 4.69) is 10.6 Å². The molecule has 27 heavy (non-hydrogen) atoms. The molecule has 2 amide bonds. The molecule has 7 heteroatoms. The van der Waals surface area contributed by atoms with Crippen molar-refractivity contribution in [3.05, 3.63) is 53.8 Å². The molecule has 0 saturated carbocycles. The maximum absolute atomic E-state index is 13.8. The molecule has 2 N–H and O–H groups in total. The number of benzene rings is 2. The Kier molecular flexibility index (Phi) is 6.76. The number of amides is 2. The summed E-state index contributed by atoms with van der Waals surface area (Å²) < 4.78 is 24.2. The summed E-state index contributed by atoms with van der Waals surface area (Å²) in [6.45, 7) is 3.58. The van der Waals surface area contributed by atoms with E-state index >= 15 is 0 Å². The lowest BCUT2D eigenvalue weighted by Crippen LogP contribution is -2.47. The SMILES string of the molecule is COc1cc(NC(=O)[C@@H](NC(=O)c2ccccc2F)C(C)C)cc(OC)c1. The third-order valence-electron chi connectivity index (χ3n) is 3.97. The Morgan fingerprint density at radius 1 is 1.00 bits per heavy atom. The average Bonchev–Trinajstić information content (AvgIpc) is 2.65. The van der Waals surface area contributed by atoms with Crippen molar-refractivity contribution in [3.63, 3.8) is 0 Å². The fraction of sp³-hybridized carbons (Fsp3) is 0.300. The topological polar surface area (TPSA) is 76.7 Å². The highest BCUT2D eigenvalue weighted by atomic mass is 19.1. The van der Waals surface area contributed by atoms with E-state index in [1.807, 2.05) is 0 Å². The molecular formula is C20H23FN2O4. The van der Waals surface area contributed by atoms with E-state index in [-0.39, 0.29) is 11.5 Å². The Labute approximate surface area is 157 Å². The molecule has 6 nitrogen and oxygen atoms in total. The maximum Gasteiger partial charge on any atom is 0.254 e. The van der Waals surface area contributed by atoms with Crippen LogP contribution >= 0.6 is 0 Å². The first-order valence-corrected chi connectivity index (χ1v) is 8.45. The summed E-state index contributed by atoms with van der Waals surface area (Å²) in [7, 11) is 3.01. The monoisotopic (exact) mass is 374 g/mol. The summed E-state index contributed by atoms with van der Waals surface area (Å²) in [5.74, 6) is -0.902. The number of methoxy groups -OCH3 is 2. The zero-order valence-electron chi connectivity index (χ0n) is 15.7. The second-order valence-electron chi connectivity index (χ2n) is 6.27. The van der Waals surface area contributed by atoms with Gasteiger partial charge in [0.15, 0.2) is 0 Å². The molecule has 0 aromatic heterocycles. The minimum Gasteiger partial charge on any atom is -0.497 e. The molecule has 0 saturated heterocycles. The molecule has 0 aliphatic heterocycles. The molecule has 2 rings (SSSR count).